The highest BCUT2D eigenvalue weighted by Crippen LogP contribution is 2.34. The zero-order chi connectivity index (χ0) is 22.5. The second kappa shape index (κ2) is 7.35. The Morgan fingerprint density at radius 2 is 2.03 bits per heavy atom. The lowest BCUT2D eigenvalue weighted by molar-refractivity contribution is 0.112. The number of rotatable bonds is 4. The first-order chi connectivity index (χ1) is 16.1. The van der Waals surface area contributed by atoms with Crippen LogP contribution in [0.5, 0.6) is 0 Å². The Kier molecular flexibility index (Phi) is 4.30. The molecule has 5 aromatic rings. The van der Waals surface area contributed by atoms with Crippen molar-refractivity contribution in [1.82, 2.24) is 29.3 Å². The molecule has 9 heteroatoms. The van der Waals surface area contributed by atoms with E-state index in [2.05, 4.69) is 22.2 Å². The molecule has 9 nitrogen and oxygen atoms in total. The van der Waals surface area contributed by atoms with Crippen molar-refractivity contribution in [3.63, 3.8) is 0 Å². The lowest BCUT2D eigenvalue weighted by Crippen LogP contribution is -2.06. The van der Waals surface area contributed by atoms with Gasteiger partial charge in [0.25, 0.3) is 0 Å². The van der Waals surface area contributed by atoms with E-state index in [1.165, 1.54) is 17.3 Å². The summed E-state index contributed by atoms with van der Waals surface area (Å²) in [6, 6.07) is 13.8. The van der Waals surface area contributed by atoms with Crippen molar-refractivity contribution in [1.29, 1.82) is 0 Å². The second-order valence-corrected chi connectivity index (χ2v) is 8.08. The van der Waals surface area contributed by atoms with Gasteiger partial charge in [0, 0.05) is 24.1 Å². The molecule has 0 saturated heterocycles. The van der Waals surface area contributed by atoms with Gasteiger partial charge >= 0.3 is 0 Å². The second-order valence-electron chi connectivity index (χ2n) is 8.08. The number of aromatic nitrogens is 6. The molecule has 1 aromatic carbocycles. The molecule has 0 saturated carbocycles. The van der Waals surface area contributed by atoms with Crippen molar-refractivity contribution in [2.24, 2.45) is 5.73 Å². The van der Waals surface area contributed by atoms with Crippen LogP contribution in [0, 0.1) is 0 Å². The summed E-state index contributed by atoms with van der Waals surface area (Å²) < 4.78 is 3.56. The average molecular weight is 436 g/mol. The first-order valence-corrected chi connectivity index (χ1v) is 10.6. The van der Waals surface area contributed by atoms with Crippen molar-refractivity contribution in [3.8, 4) is 22.9 Å². The first kappa shape index (κ1) is 19.3. The number of benzene rings is 1. The number of nitrogen functional groups attached to an aromatic ring is 1. The molecular weight excluding hydrogens is 416 g/mol. The van der Waals surface area contributed by atoms with Gasteiger partial charge in [0.15, 0.2) is 23.6 Å². The summed E-state index contributed by atoms with van der Waals surface area (Å²) in [4.78, 5) is 25.0. The van der Waals surface area contributed by atoms with E-state index in [0.717, 1.165) is 30.4 Å². The minimum atomic E-state index is 0.0681. The van der Waals surface area contributed by atoms with E-state index in [1.54, 1.807) is 17.1 Å². The molecule has 0 aliphatic heterocycles. The number of aldehydes is 1. The van der Waals surface area contributed by atoms with Gasteiger partial charge in [-0.3, -0.25) is 9.36 Å². The summed E-state index contributed by atoms with van der Waals surface area (Å²) in [5.41, 5.74) is 18.3. The largest absolute Gasteiger partial charge is 0.383 e. The van der Waals surface area contributed by atoms with E-state index in [1.807, 2.05) is 34.9 Å². The van der Waals surface area contributed by atoms with Crippen LogP contribution in [0.3, 0.4) is 0 Å². The van der Waals surface area contributed by atoms with Gasteiger partial charge in [0.1, 0.15) is 11.3 Å². The summed E-state index contributed by atoms with van der Waals surface area (Å²) in [5, 5.41) is 4.25. The van der Waals surface area contributed by atoms with Crippen molar-refractivity contribution >= 4 is 23.3 Å². The lowest BCUT2D eigenvalue weighted by Gasteiger charge is -2.13. The number of pyridine rings is 2. The Morgan fingerprint density at radius 3 is 2.85 bits per heavy atom. The van der Waals surface area contributed by atoms with Gasteiger partial charge in [-0.15, -0.1) is 0 Å². The minimum Gasteiger partial charge on any atom is -0.383 e. The molecule has 1 atom stereocenters. The number of nitrogens with two attached hydrogens (primary N) is 2. The molecule has 1 aliphatic rings. The fourth-order valence-electron chi connectivity index (χ4n) is 4.41. The molecule has 4 heterocycles. The van der Waals surface area contributed by atoms with Crippen molar-refractivity contribution < 1.29 is 4.79 Å². The maximum atomic E-state index is 11.1. The number of nitrogens with zero attached hydrogens (tertiary/aromatic N) is 6. The van der Waals surface area contributed by atoms with Gasteiger partial charge in [-0.2, -0.15) is 5.10 Å². The summed E-state index contributed by atoms with van der Waals surface area (Å²) in [7, 11) is 0. The van der Waals surface area contributed by atoms with E-state index in [4.69, 9.17) is 21.4 Å². The highest BCUT2D eigenvalue weighted by molar-refractivity contribution is 5.83. The number of fused-ring (bicyclic) bond motifs is 2. The molecule has 6 rings (SSSR count). The molecule has 0 amide bonds. The molecule has 1 aliphatic carbocycles. The normalized spacial score (nSPS) is 15.1. The number of carbonyl (C=O) groups is 1. The van der Waals surface area contributed by atoms with Gasteiger partial charge < -0.3 is 11.5 Å². The molecule has 0 radical (unpaired) electrons. The Hall–Kier alpha value is -4.37. The third kappa shape index (κ3) is 3.09. The van der Waals surface area contributed by atoms with Gasteiger partial charge in [-0.1, -0.05) is 6.07 Å². The molecular formula is C24H20N8O. The van der Waals surface area contributed by atoms with Crippen LogP contribution in [0.1, 0.15) is 33.9 Å². The van der Waals surface area contributed by atoms with Gasteiger partial charge in [-0.05, 0) is 60.4 Å². The fourth-order valence-corrected chi connectivity index (χ4v) is 4.41. The first-order valence-electron chi connectivity index (χ1n) is 10.6. The third-order valence-electron chi connectivity index (χ3n) is 6.05. The van der Waals surface area contributed by atoms with E-state index < -0.39 is 0 Å². The lowest BCUT2D eigenvalue weighted by atomic mass is 10.1. The Morgan fingerprint density at radius 1 is 1.12 bits per heavy atom. The number of hydrogen-bond donors (Lipinski definition) is 2. The standard InChI is InChI=1S/C24H20N8O/c25-19-6-3-15-10-16(4-5-17(15)19)32-23(18-2-1-9-27-22(18)26)29-20-7-8-21(30-24(20)32)31-12-14(13-33)11-28-31/h1-2,4-5,7-13,19H,3,6,25H2,(H2,26,27). The van der Waals surface area contributed by atoms with Crippen LogP contribution in [0.15, 0.2) is 61.1 Å². The van der Waals surface area contributed by atoms with Crippen LogP contribution < -0.4 is 11.5 Å². The monoisotopic (exact) mass is 436 g/mol. The average Bonchev–Trinajstić information content (AvgIpc) is 3.55. The number of aryl methyl sites for hydroxylation is 1. The zero-order valence-electron chi connectivity index (χ0n) is 17.6. The Balaban J connectivity index is 1.61. The Bertz CT molecular complexity index is 1530. The van der Waals surface area contributed by atoms with E-state index in [9.17, 15) is 4.79 Å². The highest BCUT2D eigenvalue weighted by atomic mass is 16.1. The van der Waals surface area contributed by atoms with Crippen molar-refractivity contribution in [2.45, 2.75) is 18.9 Å². The van der Waals surface area contributed by atoms with Gasteiger partial charge in [0.2, 0.25) is 0 Å². The maximum absolute atomic E-state index is 11.1. The summed E-state index contributed by atoms with van der Waals surface area (Å²) in [6.07, 6.45) is 7.42. The molecule has 0 spiro atoms. The van der Waals surface area contributed by atoms with E-state index >= 15 is 0 Å². The SMILES string of the molecule is Nc1ncccc1-c1nc2ccc(-n3cc(C=O)cn3)nc2n1-c1ccc2c(c1)CCC2N. The molecule has 0 bridgehead atoms. The minimum absolute atomic E-state index is 0.0681. The Labute approximate surface area is 188 Å². The van der Waals surface area contributed by atoms with Crippen molar-refractivity contribution in [3.05, 3.63) is 77.7 Å². The van der Waals surface area contributed by atoms with Gasteiger partial charge in [0.05, 0.1) is 17.3 Å². The maximum Gasteiger partial charge on any atom is 0.167 e. The highest BCUT2D eigenvalue weighted by Gasteiger charge is 2.23. The van der Waals surface area contributed by atoms with Gasteiger partial charge in [-0.25, -0.2) is 19.6 Å². The predicted octanol–water partition coefficient (Wildman–Crippen LogP) is 3.01. The van der Waals surface area contributed by atoms with E-state index in [-0.39, 0.29) is 6.04 Å². The molecule has 4 aromatic heterocycles. The molecule has 33 heavy (non-hydrogen) atoms. The van der Waals surface area contributed by atoms with Crippen LogP contribution in [-0.4, -0.2) is 35.6 Å². The topological polar surface area (TPSA) is 131 Å². The van der Waals surface area contributed by atoms with Crippen LogP contribution >= 0.6 is 0 Å². The van der Waals surface area contributed by atoms with E-state index in [0.29, 0.717) is 34.2 Å². The van der Waals surface area contributed by atoms with Crippen molar-refractivity contribution in [2.75, 3.05) is 5.73 Å². The number of anilines is 1. The molecule has 4 N–H and O–H groups in total. The molecule has 162 valence electrons. The van der Waals surface area contributed by atoms with Crippen LogP contribution in [0.4, 0.5) is 5.82 Å². The summed E-state index contributed by atoms with van der Waals surface area (Å²) in [5.74, 6) is 1.61. The number of imidazole rings is 1. The van der Waals surface area contributed by atoms with Crippen LogP contribution in [-0.2, 0) is 6.42 Å². The zero-order valence-corrected chi connectivity index (χ0v) is 17.6. The smallest absolute Gasteiger partial charge is 0.167 e. The molecule has 0 fully saturated rings. The third-order valence-corrected chi connectivity index (χ3v) is 6.05. The summed E-state index contributed by atoms with van der Waals surface area (Å²) in [6.45, 7) is 0. The van der Waals surface area contributed by atoms with Crippen LogP contribution in [0.25, 0.3) is 34.1 Å². The quantitative estimate of drug-likeness (QED) is 0.414. The summed E-state index contributed by atoms with van der Waals surface area (Å²) >= 11 is 0. The fraction of sp³-hybridized carbons (Fsp3) is 0.125. The number of carbonyl (C=O) groups excluding carboxylic acids is 1. The molecule has 1 unspecified atom stereocenters. The number of hydrogen-bond acceptors (Lipinski definition) is 7. The van der Waals surface area contributed by atoms with Crippen LogP contribution in [0.2, 0.25) is 0 Å². The predicted molar refractivity (Wildman–Crippen MR) is 124 cm³/mol.